The highest BCUT2D eigenvalue weighted by atomic mass is 16.2. The molecule has 1 saturated heterocycles. The second-order valence-corrected chi connectivity index (χ2v) is 11.0. The zero-order chi connectivity index (χ0) is 21.4. The number of hydrogen-bond acceptors (Lipinski definition) is 3. The van der Waals surface area contributed by atoms with Crippen LogP contribution in [0.1, 0.15) is 63.9 Å². The second kappa shape index (κ2) is 8.57. The molecular weight excluding hydrogens is 386 g/mol. The van der Waals surface area contributed by atoms with E-state index in [0.717, 1.165) is 69.0 Å². The summed E-state index contributed by atoms with van der Waals surface area (Å²) in [6, 6.07) is 8.12. The van der Waals surface area contributed by atoms with Crippen LogP contribution < -0.4 is 5.32 Å². The van der Waals surface area contributed by atoms with Crippen LogP contribution >= 0.6 is 0 Å². The van der Waals surface area contributed by atoms with Gasteiger partial charge in [-0.25, -0.2) is 0 Å². The summed E-state index contributed by atoms with van der Waals surface area (Å²) >= 11 is 0. The van der Waals surface area contributed by atoms with E-state index in [1.54, 1.807) is 0 Å². The van der Waals surface area contributed by atoms with E-state index in [1.807, 2.05) is 12.1 Å². The standard InChI is InChI=1S/C26H37N3O2/c1-19(30)27-24-5-3-20(4-6-24)18-28-7-2-8-29(10-9-28)25(31)17-26-14-21-11-22(15-26)13-23(12-21)16-26/h3-6,21-23H,2,7-18H2,1H3,(H,27,30). The van der Waals surface area contributed by atoms with Gasteiger partial charge in [0.1, 0.15) is 0 Å². The third-order valence-corrected chi connectivity index (χ3v) is 8.31. The summed E-state index contributed by atoms with van der Waals surface area (Å²) in [5.41, 5.74) is 2.43. The number of rotatable bonds is 5. The molecule has 168 valence electrons. The second-order valence-electron chi connectivity index (χ2n) is 11.0. The number of nitrogens with zero attached hydrogens (tertiary/aromatic N) is 2. The van der Waals surface area contributed by atoms with E-state index in [-0.39, 0.29) is 5.91 Å². The van der Waals surface area contributed by atoms with Gasteiger partial charge in [0.05, 0.1) is 0 Å². The van der Waals surface area contributed by atoms with Crippen molar-refractivity contribution in [2.75, 3.05) is 31.5 Å². The summed E-state index contributed by atoms with van der Waals surface area (Å²) in [5, 5.41) is 2.82. The minimum atomic E-state index is -0.0430. The lowest BCUT2D eigenvalue weighted by atomic mass is 9.49. The van der Waals surface area contributed by atoms with Gasteiger partial charge in [0.2, 0.25) is 11.8 Å². The van der Waals surface area contributed by atoms with Crippen molar-refractivity contribution in [3.63, 3.8) is 0 Å². The van der Waals surface area contributed by atoms with Gasteiger partial charge < -0.3 is 10.2 Å². The van der Waals surface area contributed by atoms with Crippen molar-refractivity contribution < 1.29 is 9.59 Å². The van der Waals surface area contributed by atoms with E-state index in [0.29, 0.717) is 11.3 Å². The van der Waals surface area contributed by atoms with Crippen LogP contribution in [-0.2, 0) is 16.1 Å². The molecule has 5 nitrogen and oxygen atoms in total. The summed E-state index contributed by atoms with van der Waals surface area (Å²) in [6.45, 7) is 6.17. The molecule has 6 rings (SSSR count). The largest absolute Gasteiger partial charge is 0.341 e. The van der Waals surface area contributed by atoms with Gasteiger partial charge >= 0.3 is 0 Å². The lowest BCUT2D eigenvalue weighted by Crippen LogP contribution is -2.48. The van der Waals surface area contributed by atoms with Gasteiger partial charge in [0, 0.05) is 51.8 Å². The summed E-state index contributed by atoms with van der Waals surface area (Å²) < 4.78 is 0. The SMILES string of the molecule is CC(=O)Nc1ccc(CN2CCCN(C(=O)CC34CC5CC(CC(C5)C3)C4)CC2)cc1. The Morgan fingerprint density at radius 3 is 2.19 bits per heavy atom. The van der Waals surface area contributed by atoms with Crippen LogP contribution in [0.4, 0.5) is 5.69 Å². The van der Waals surface area contributed by atoms with Crippen molar-refractivity contribution in [2.24, 2.45) is 23.2 Å². The van der Waals surface area contributed by atoms with Gasteiger partial charge in [0.15, 0.2) is 0 Å². The van der Waals surface area contributed by atoms with Gasteiger partial charge in [-0.1, -0.05) is 12.1 Å². The molecule has 1 aliphatic heterocycles. The first-order chi connectivity index (χ1) is 15.0. The number of hydrogen-bond donors (Lipinski definition) is 1. The summed E-state index contributed by atoms with van der Waals surface area (Å²) in [5.74, 6) is 3.11. The molecule has 5 heteroatoms. The highest BCUT2D eigenvalue weighted by Gasteiger charge is 2.51. The Morgan fingerprint density at radius 2 is 1.58 bits per heavy atom. The Labute approximate surface area is 186 Å². The quantitative estimate of drug-likeness (QED) is 0.769. The molecule has 5 fully saturated rings. The fourth-order valence-electron chi connectivity index (χ4n) is 7.47. The minimum absolute atomic E-state index is 0.0430. The average Bonchev–Trinajstić information content (AvgIpc) is 2.93. The molecule has 1 N–H and O–H groups in total. The molecule has 4 saturated carbocycles. The lowest BCUT2D eigenvalue weighted by molar-refractivity contribution is -0.139. The summed E-state index contributed by atoms with van der Waals surface area (Å²) in [4.78, 5) is 29.1. The van der Waals surface area contributed by atoms with Crippen LogP contribution in [0.5, 0.6) is 0 Å². The van der Waals surface area contributed by atoms with Gasteiger partial charge in [0.25, 0.3) is 0 Å². The maximum atomic E-state index is 13.3. The zero-order valence-electron chi connectivity index (χ0n) is 18.9. The third-order valence-electron chi connectivity index (χ3n) is 8.31. The van der Waals surface area contributed by atoms with Crippen molar-refractivity contribution in [3.8, 4) is 0 Å². The average molecular weight is 424 g/mol. The van der Waals surface area contributed by atoms with E-state index >= 15 is 0 Å². The molecule has 0 radical (unpaired) electrons. The van der Waals surface area contributed by atoms with Crippen molar-refractivity contribution in [2.45, 2.75) is 64.8 Å². The first kappa shape index (κ1) is 21.0. The van der Waals surface area contributed by atoms with Crippen LogP contribution in [0.25, 0.3) is 0 Å². The molecule has 0 atom stereocenters. The minimum Gasteiger partial charge on any atom is -0.341 e. The van der Waals surface area contributed by atoms with Gasteiger partial charge in [-0.3, -0.25) is 14.5 Å². The van der Waals surface area contributed by atoms with Crippen molar-refractivity contribution in [3.05, 3.63) is 29.8 Å². The van der Waals surface area contributed by atoms with Crippen LogP contribution in [0.3, 0.4) is 0 Å². The predicted molar refractivity (Wildman–Crippen MR) is 122 cm³/mol. The normalized spacial score (nSPS) is 32.7. The topological polar surface area (TPSA) is 52.7 Å². The molecule has 1 heterocycles. The number of nitrogens with one attached hydrogen (secondary N) is 1. The molecule has 4 bridgehead atoms. The zero-order valence-corrected chi connectivity index (χ0v) is 18.9. The Morgan fingerprint density at radius 1 is 0.935 bits per heavy atom. The van der Waals surface area contributed by atoms with E-state index in [1.165, 1.54) is 51.0 Å². The Kier molecular flexibility index (Phi) is 5.80. The number of anilines is 1. The summed E-state index contributed by atoms with van der Waals surface area (Å²) in [6.07, 6.45) is 10.1. The highest BCUT2D eigenvalue weighted by Crippen LogP contribution is 2.61. The van der Waals surface area contributed by atoms with Crippen molar-refractivity contribution in [1.29, 1.82) is 0 Å². The number of benzene rings is 1. The van der Waals surface area contributed by atoms with E-state index in [2.05, 4.69) is 27.2 Å². The molecule has 5 aliphatic rings. The fraction of sp³-hybridized carbons (Fsp3) is 0.692. The maximum absolute atomic E-state index is 13.3. The molecule has 0 unspecified atom stereocenters. The first-order valence-corrected chi connectivity index (χ1v) is 12.3. The van der Waals surface area contributed by atoms with E-state index < -0.39 is 0 Å². The van der Waals surface area contributed by atoms with E-state index in [4.69, 9.17) is 0 Å². The molecule has 2 amide bonds. The molecule has 4 aliphatic carbocycles. The van der Waals surface area contributed by atoms with E-state index in [9.17, 15) is 9.59 Å². The van der Waals surface area contributed by atoms with Gasteiger partial charge in [-0.15, -0.1) is 0 Å². The molecule has 0 spiro atoms. The molecule has 1 aromatic rings. The summed E-state index contributed by atoms with van der Waals surface area (Å²) in [7, 11) is 0. The molecular formula is C26H37N3O2. The number of amides is 2. The lowest BCUT2D eigenvalue weighted by Gasteiger charge is -2.57. The van der Waals surface area contributed by atoms with Crippen LogP contribution in [0.2, 0.25) is 0 Å². The number of carbonyl (C=O) groups is 2. The Bertz CT molecular complexity index is 783. The Hall–Kier alpha value is -1.88. The predicted octanol–water partition coefficient (Wildman–Crippen LogP) is 4.29. The van der Waals surface area contributed by atoms with Crippen LogP contribution in [-0.4, -0.2) is 47.8 Å². The van der Waals surface area contributed by atoms with Gasteiger partial charge in [-0.05, 0) is 85.8 Å². The monoisotopic (exact) mass is 423 g/mol. The number of carbonyl (C=O) groups excluding carboxylic acids is 2. The molecule has 31 heavy (non-hydrogen) atoms. The highest BCUT2D eigenvalue weighted by molar-refractivity contribution is 5.88. The maximum Gasteiger partial charge on any atom is 0.223 e. The molecule has 0 aromatic heterocycles. The van der Waals surface area contributed by atoms with Crippen molar-refractivity contribution >= 4 is 17.5 Å². The van der Waals surface area contributed by atoms with Crippen molar-refractivity contribution in [1.82, 2.24) is 9.80 Å². The van der Waals surface area contributed by atoms with Gasteiger partial charge in [-0.2, -0.15) is 0 Å². The third kappa shape index (κ3) is 4.82. The fourth-order valence-corrected chi connectivity index (χ4v) is 7.47. The first-order valence-electron chi connectivity index (χ1n) is 12.3. The smallest absolute Gasteiger partial charge is 0.223 e. The van der Waals surface area contributed by atoms with Crippen LogP contribution in [0.15, 0.2) is 24.3 Å². The van der Waals surface area contributed by atoms with Crippen LogP contribution in [0, 0.1) is 23.2 Å². The molecule has 1 aromatic carbocycles. The Balaban J connectivity index is 1.14.